The van der Waals surface area contributed by atoms with Crippen molar-refractivity contribution in [3.8, 4) is 0 Å². The molecule has 0 aromatic rings. The van der Waals surface area contributed by atoms with E-state index in [2.05, 4.69) is 5.32 Å². The zero-order chi connectivity index (χ0) is 11.3. The van der Waals surface area contributed by atoms with Gasteiger partial charge in [-0.1, -0.05) is 0 Å². The Kier molecular flexibility index (Phi) is 4.56. The number of thioether (sulfide) groups is 1. The van der Waals surface area contributed by atoms with Crippen molar-refractivity contribution in [1.82, 2.24) is 10.6 Å². The second-order valence-electron chi connectivity index (χ2n) is 3.31. The van der Waals surface area contributed by atoms with E-state index in [0.717, 1.165) is 18.6 Å². The minimum Gasteiger partial charge on any atom is -0.337 e. The number of amides is 2. The summed E-state index contributed by atoms with van der Waals surface area (Å²) in [7, 11) is 0. The summed E-state index contributed by atoms with van der Waals surface area (Å²) in [5, 5.41) is 4.54. The Hall–Kier alpha value is -0.590. The molecule has 1 unspecified atom stereocenters. The fourth-order valence-corrected chi connectivity index (χ4v) is 2.46. The summed E-state index contributed by atoms with van der Waals surface area (Å²) in [6.45, 7) is -0.842. The fraction of sp³-hybridized carbons (Fsp3) is 0.875. The Morgan fingerprint density at radius 2 is 2.13 bits per heavy atom. The molecule has 1 aliphatic heterocycles. The maximum absolute atomic E-state index is 11.7. The number of nitrogens with one attached hydrogen (secondary N) is 2. The summed E-state index contributed by atoms with van der Waals surface area (Å²) in [6, 6.07) is -0.750. The lowest BCUT2D eigenvalue weighted by Crippen LogP contribution is -2.42. The van der Waals surface area contributed by atoms with Crippen LogP contribution in [0, 0.1) is 0 Å². The van der Waals surface area contributed by atoms with Crippen molar-refractivity contribution in [1.29, 1.82) is 0 Å². The molecule has 0 spiro atoms. The molecule has 88 valence electrons. The molecule has 7 heteroatoms. The molecule has 2 amide bonds. The molecule has 0 aliphatic carbocycles. The van der Waals surface area contributed by atoms with E-state index in [1.54, 1.807) is 17.1 Å². The number of hydrogen-bond acceptors (Lipinski definition) is 2. The molecule has 0 radical (unpaired) electrons. The third kappa shape index (κ3) is 5.76. The zero-order valence-corrected chi connectivity index (χ0v) is 8.88. The van der Waals surface area contributed by atoms with Crippen LogP contribution in [-0.4, -0.2) is 36.3 Å². The van der Waals surface area contributed by atoms with Crippen molar-refractivity contribution in [3.05, 3.63) is 0 Å². The average Bonchev–Trinajstić information content (AvgIpc) is 2.62. The van der Waals surface area contributed by atoms with Gasteiger partial charge in [-0.25, -0.2) is 4.79 Å². The molecule has 0 saturated carbocycles. The highest BCUT2D eigenvalue weighted by Crippen LogP contribution is 2.25. The van der Waals surface area contributed by atoms with Gasteiger partial charge in [-0.05, 0) is 18.6 Å². The van der Waals surface area contributed by atoms with Crippen LogP contribution in [0.4, 0.5) is 18.0 Å². The Morgan fingerprint density at radius 3 is 2.67 bits per heavy atom. The molecule has 1 rings (SSSR count). The van der Waals surface area contributed by atoms with Gasteiger partial charge in [0.05, 0.1) is 0 Å². The predicted octanol–water partition coefficient (Wildman–Crippen LogP) is 1.74. The Labute approximate surface area is 90.2 Å². The van der Waals surface area contributed by atoms with E-state index >= 15 is 0 Å². The van der Waals surface area contributed by atoms with Crippen molar-refractivity contribution in [2.75, 3.05) is 18.8 Å². The third-order valence-corrected chi connectivity index (χ3v) is 3.36. The maximum atomic E-state index is 11.7. The minimum atomic E-state index is -4.35. The molecule has 1 atom stereocenters. The lowest BCUT2D eigenvalue weighted by atomic mass is 10.2. The largest absolute Gasteiger partial charge is 0.405 e. The zero-order valence-electron chi connectivity index (χ0n) is 8.06. The third-order valence-electron chi connectivity index (χ3n) is 1.96. The summed E-state index contributed by atoms with van der Waals surface area (Å²) >= 11 is 1.74. The number of rotatable bonds is 3. The highest BCUT2D eigenvalue weighted by atomic mass is 32.2. The number of halogens is 3. The normalized spacial score (nSPS) is 21.4. The molecule has 1 fully saturated rings. The second kappa shape index (κ2) is 5.48. The molecule has 0 bridgehead atoms. The highest BCUT2D eigenvalue weighted by Gasteiger charge is 2.27. The van der Waals surface area contributed by atoms with Gasteiger partial charge in [0.1, 0.15) is 6.54 Å². The Bertz CT molecular complexity index is 216. The van der Waals surface area contributed by atoms with E-state index in [9.17, 15) is 18.0 Å². The van der Waals surface area contributed by atoms with Gasteiger partial charge in [0.25, 0.3) is 0 Å². The first-order valence-corrected chi connectivity index (χ1v) is 5.72. The molecule has 1 heterocycles. The predicted molar refractivity (Wildman–Crippen MR) is 52.9 cm³/mol. The van der Waals surface area contributed by atoms with Crippen molar-refractivity contribution in [2.45, 2.75) is 24.3 Å². The van der Waals surface area contributed by atoms with Crippen LogP contribution in [0.1, 0.15) is 12.8 Å². The number of hydrogen-bond donors (Lipinski definition) is 2. The van der Waals surface area contributed by atoms with Gasteiger partial charge in [0, 0.05) is 11.8 Å². The molecular weight excluding hydrogens is 229 g/mol. The first kappa shape index (κ1) is 12.5. The molecule has 2 N–H and O–H groups in total. The van der Waals surface area contributed by atoms with Gasteiger partial charge in [0.15, 0.2) is 0 Å². The smallest absolute Gasteiger partial charge is 0.337 e. The fourth-order valence-electron chi connectivity index (χ4n) is 1.25. The van der Waals surface area contributed by atoms with Crippen molar-refractivity contribution >= 4 is 17.8 Å². The lowest BCUT2D eigenvalue weighted by molar-refractivity contribution is -0.122. The standard InChI is InChI=1S/C8H13F3N2OS/c9-8(10,11)5-13-7(14)12-4-6-2-1-3-15-6/h6H,1-5H2,(H2,12,13,14). The van der Waals surface area contributed by atoms with E-state index in [4.69, 9.17) is 0 Å². The summed E-state index contributed by atoms with van der Waals surface area (Å²) < 4.78 is 35.1. The van der Waals surface area contributed by atoms with Gasteiger partial charge < -0.3 is 10.6 Å². The van der Waals surface area contributed by atoms with Gasteiger partial charge in [-0.3, -0.25) is 0 Å². The highest BCUT2D eigenvalue weighted by molar-refractivity contribution is 8.00. The molecule has 1 aliphatic rings. The van der Waals surface area contributed by atoms with Crippen molar-refractivity contribution in [3.63, 3.8) is 0 Å². The monoisotopic (exact) mass is 242 g/mol. The van der Waals surface area contributed by atoms with Crippen LogP contribution in [0.15, 0.2) is 0 Å². The van der Waals surface area contributed by atoms with Crippen LogP contribution in [0.2, 0.25) is 0 Å². The van der Waals surface area contributed by atoms with Crippen LogP contribution < -0.4 is 10.6 Å². The van der Waals surface area contributed by atoms with Crippen LogP contribution in [0.25, 0.3) is 0 Å². The molecule has 3 nitrogen and oxygen atoms in total. The lowest BCUT2D eigenvalue weighted by Gasteiger charge is -2.12. The van der Waals surface area contributed by atoms with Crippen LogP contribution in [0.3, 0.4) is 0 Å². The van der Waals surface area contributed by atoms with Gasteiger partial charge >= 0.3 is 12.2 Å². The first-order valence-electron chi connectivity index (χ1n) is 4.67. The first-order chi connectivity index (χ1) is 6.97. The molecule has 0 aromatic carbocycles. The minimum absolute atomic E-state index is 0.349. The topological polar surface area (TPSA) is 41.1 Å². The SMILES string of the molecule is O=C(NCC1CCCS1)NCC(F)(F)F. The van der Waals surface area contributed by atoms with Crippen LogP contribution in [0.5, 0.6) is 0 Å². The number of carbonyl (C=O) groups excluding carboxylic acids is 1. The Balaban J connectivity index is 2.08. The molecule has 15 heavy (non-hydrogen) atoms. The summed E-state index contributed by atoms with van der Waals surface area (Å²) in [5.41, 5.74) is 0. The van der Waals surface area contributed by atoms with E-state index in [-0.39, 0.29) is 0 Å². The molecular formula is C8H13F3N2OS. The van der Waals surface area contributed by atoms with E-state index in [0.29, 0.717) is 11.8 Å². The van der Waals surface area contributed by atoms with Crippen LogP contribution >= 0.6 is 11.8 Å². The van der Waals surface area contributed by atoms with Crippen LogP contribution in [-0.2, 0) is 0 Å². The van der Waals surface area contributed by atoms with E-state index in [1.807, 2.05) is 0 Å². The number of urea groups is 1. The van der Waals surface area contributed by atoms with Gasteiger partial charge in [-0.2, -0.15) is 24.9 Å². The summed E-state index contributed by atoms with van der Waals surface area (Å²) in [6.07, 6.45) is -2.22. The second-order valence-corrected chi connectivity index (χ2v) is 4.72. The molecule has 0 aromatic heterocycles. The maximum Gasteiger partial charge on any atom is 0.405 e. The van der Waals surface area contributed by atoms with Gasteiger partial charge in [0.2, 0.25) is 0 Å². The van der Waals surface area contributed by atoms with Crippen molar-refractivity contribution in [2.24, 2.45) is 0 Å². The van der Waals surface area contributed by atoms with Gasteiger partial charge in [-0.15, -0.1) is 0 Å². The quantitative estimate of drug-likeness (QED) is 0.791. The summed E-state index contributed by atoms with van der Waals surface area (Å²) in [4.78, 5) is 10.9. The van der Waals surface area contributed by atoms with Crippen molar-refractivity contribution < 1.29 is 18.0 Å². The average molecular weight is 242 g/mol. The summed E-state index contributed by atoms with van der Waals surface area (Å²) in [5.74, 6) is 1.07. The number of alkyl halides is 3. The molecule has 1 saturated heterocycles. The van der Waals surface area contributed by atoms with E-state index in [1.165, 1.54) is 0 Å². The number of carbonyl (C=O) groups is 1. The Morgan fingerprint density at radius 1 is 1.40 bits per heavy atom. The van der Waals surface area contributed by atoms with E-state index < -0.39 is 18.8 Å².